The minimum atomic E-state index is -0.166. The van der Waals surface area contributed by atoms with Crippen LogP contribution in [0, 0.1) is 11.3 Å². The molecule has 2 amide bonds. The number of amides is 2. The molecule has 1 heterocycles. The second-order valence-corrected chi connectivity index (χ2v) is 11.3. The maximum Gasteiger partial charge on any atom is 0.273 e. The number of oxazole rings is 1. The second-order valence-electron chi connectivity index (χ2n) is 11.3. The van der Waals surface area contributed by atoms with Crippen LogP contribution in [0.1, 0.15) is 121 Å². The lowest BCUT2D eigenvalue weighted by Gasteiger charge is -2.34. The summed E-state index contributed by atoms with van der Waals surface area (Å²) in [5.74, 6) is 0.803. The molecule has 1 atom stereocenters. The third-order valence-electron chi connectivity index (χ3n) is 6.85. The topological polar surface area (TPSA) is 75.4 Å². The van der Waals surface area contributed by atoms with Gasteiger partial charge in [0.1, 0.15) is 6.26 Å². The smallest absolute Gasteiger partial charge is 0.273 e. The van der Waals surface area contributed by atoms with Crippen molar-refractivity contribution in [1.82, 2.24) is 15.2 Å². The third-order valence-corrected chi connectivity index (χ3v) is 6.85. The standard InChI is InChI=1S/C26H43N3O3/c1-19(16-26(2,3)4)15-24(30)29(21-13-9-6-10-14-21)17-23-28-22(18-32-23)25(31)27-20-11-7-5-8-12-20/h18-21H,5-17H2,1-4H3,(H,27,31). The highest BCUT2D eigenvalue weighted by molar-refractivity contribution is 5.92. The normalized spacial score (nSPS) is 19.5. The van der Waals surface area contributed by atoms with Crippen molar-refractivity contribution in [2.45, 2.75) is 123 Å². The van der Waals surface area contributed by atoms with Crippen LogP contribution >= 0.6 is 0 Å². The molecule has 1 unspecified atom stereocenters. The fraction of sp³-hybridized carbons (Fsp3) is 0.808. The van der Waals surface area contributed by atoms with Gasteiger partial charge in [0.25, 0.3) is 5.91 Å². The zero-order valence-corrected chi connectivity index (χ0v) is 20.6. The molecule has 180 valence electrons. The van der Waals surface area contributed by atoms with Crippen molar-refractivity contribution in [2.75, 3.05) is 0 Å². The molecule has 1 aromatic rings. The molecule has 0 radical (unpaired) electrons. The van der Waals surface area contributed by atoms with Gasteiger partial charge >= 0.3 is 0 Å². The van der Waals surface area contributed by atoms with E-state index in [1.165, 1.54) is 31.9 Å². The molecule has 3 rings (SSSR count). The summed E-state index contributed by atoms with van der Waals surface area (Å²) in [4.78, 5) is 32.4. The first-order valence-corrected chi connectivity index (χ1v) is 12.8. The first kappa shape index (κ1) is 24.8. The zero-order chi connectivity index (χ0) is 23.1. The Bertz CT molecular complexity index is 740. The van der Waals surface area contributed by atoms with E-state index < -0.39 is 0 Å². The molecule has 6 heteroatoms. The van der Waals surface area contributed by atoms with Crippen LogP contribution in [0.2, 0.25) is 0 Å². The molecule has 2 aliphatic carbocycles. The summed E-state index contributed by atoms with van der Waals surface area (Å²) in [7, 11) is 0. The SMILES string of the molecule is CC(CC(=O)N(Cc1nc(C(=O)NC2CCCCC2)co1)C1CCCCC1)CC(C)(C)C. The van der Waals surface area contributed by atoms with Crippen LogP contribution in [0.5, 0.6) is 0 Å². The molecule has 0 saturated heterocycles. The molecular weight excluding hydrogens is 402 g/mol. The van der Waals surface area contributed by atoms with Gasteiger partial charge in [0, 0.05) is 18.5 Å². The molecule has 1 aromatic heterocycles. The summed E-state index contributed by atoms with van der Waals surface area (Å²) in [5, 5.41) is 3.09. The van der Waals surface area contributed by atoms with Crippen molar-refractivity contribution in [3.63, 3.8) is 0 Å². The highest BCUT2D eigenvalue weighted by Crippen LogP contribution is 2.29. The first-order valence-electron chi connectivity index (χ1n) is 12.8. The fourth-order valence-corrected chi connectivity index (χ4v) is 5.49. The summed E-state index contributed by atoms with van der Waals surface area (Å²) in [6, 6.07) is 0.477. The molecule has 1 N–H and O–H groups in total. The molecule has 0 bridgehead atoms. The molecule has 2 aliphatic rings. The number of aromatic nitrogens is 1. The fourth-order valence-electron chi connectivity index (χ4n) is 5.49. The number of nitrogens with one attached hydrogen (secondary N) is 1. The Kier molecular flexibility index (Phi) is 8.78. The summed E-state index contributed by atoms with van der Waals surface area (Å²) < 4.78 is 5.67. The number of carbonyl (C=O) groups excluding carboxylic acids is 2. The van der Waals surface area contributed by atoms with Crippen molar-refractivity contribution in [2.24, 2.45) is 11.3 Å². The Hall–Kier alpha value is -1.85. The van der Waals surface area contributed by atoms with E-state index in [0.29, 0.717) is 30.5 Å². The highest BCUT2D eigenvalue weighted by Gasteiger charge is 2.29. The molecule has 0 aromatic carbocycles. The number of hydrogen-bond acceptors (Lipinski definition) is 4. The van der Waals surface area contributed by atoms with Gasteiger partial charge in [-0.3, -0.25) is 9.59 Å². The molecule has 32 heavy (non-hydrogen) atoms. The summed E-state index contributed by atoms with van der Waals surface area (Å²) in [5.41, 5.74) is 0.529. The van der Waals surface area contributed by atoms with Crippen molar-refractivity contribution >= 4 is 11.8 Å². The van der Waals surface area contributed by atoms with E-state index in [2.05, 4.69) is 38.0 Å². The molecule has 2 fully saturated rings. The third kappa shape index (κ3) is 7.63. The first-order chi connectivity index (χ1) is 15.2. The van der Waals surface area contributed by atoms with Crippen LogP contribution in [0.3, 0.4) is 0 Å². The van der Waals surface area contributed by atoms with E-state index in [4.69, 9.17) is 4.42 Å². The van der Waals surface area contributed by atoms with Gasteiger partial charge in [0.05, 0.1) is 6.54 Å². The van der Waals surface area contributed by atoms with Crippen LogP contribution in [0.15, 0.2) is 10.7 Å². The zero-order valence-electron chi connectivity index (χ0n) is 20.6. The van der Waals surface area contributed by atoms with E-state index in [0.717, 1.165) is 44.9 Å². The summed E-state index contributed by atoms with van der Waals surface area (Å²) in [6.45, 7) is 9.18. The van der Waals surface area contributed by atoms with Gasteiger partial charge in [-0.1, -0.05) is 66.2 Å². The number of carbonyl (C=O) groups is 2. The van der Waals surface area contributed by atoms with Crippen molar-refractivity contribution < 1.29 is 14.0 Å². The monoisotopic (exact) mass is 445 g/mol. The lowest BCUT2D eigenvalue weighted by Crippen LogP contribution is -2.41. The molecular formula is C26H43N3O3. The average Bonchev–Trinajstić information content (AvgIpc) is 3.21. The molecule has 6 nitrogen and oxygen atoms in total. The summed E-state index contributed by atoms with van der Waals surface area (Å²) in [6.07, 6.45) is 14.3. The van der Waals surface area contributed by atoms with Gasteiger partial charge in [-0.15, -0.1) is 0 Å². The van der Waals surface area contributed by atoms with Crippen LogP contribution in [-0.2, 0) is 11.3 Å². The number of nitrogens with zero attached hydrogens (tertiary/aromatic N) is 2. The van der Waals surface area contributed by atoms with Gasteiger partial charge < -0.3 is 14.6 Å². The Balaban J connectivity index is 1.64. The number of hydrogen-bond donors (Lipinski definition) is 1. The quantitative estimate of drug-likeness (QED) is 0.544. The van der Waals surface area contributed by atoms with Gasteiger partial charge in [0.2, 0.25) is 11.8 Å². The van der Waals surface area contributed by atoms with E-state index in [1.807, 2.05) is 4.90 Å². The maximum absolute atomic E-state index is 13.3. The minimum Gasteiger partial charge on any atom is -0.446 e. The summed E-state index contributed by atoms with van der Waals surface area (Å²) >= 11 is 0. The Morgan fingerprint density at radius 1 is 1.09 bits per heavy atom. The Labute approximate surface area is 193 Å². The van der Waals surface area contributed by atoms with Gasteiger partial charge in [-0.05, 0) is 43.4 Å². The van der Waals surface area contributed by atoms with Crippen LogP contribution in [0.25, 0.3) is 0 Å². The van der Waals surface area contributed by atoms with Crippen LogP contribution in [0.4, 0.5) is 0 Å². The molecule has 0 aliphatic heterocycles. The van der Waals surface area contributed by atoms with Gasteiger partial charge in [0.15, 0.2) is 5.69 Å². The lowest BCUT2D eigenvalue weighted by atomic mass is 9.84. The maximum atomic E-state index is 13.3. The number of rotatable bonds is 8. The van der Waals surface area contributed by atoms with Crippen molar-refractivity contribution in [3.05, 3.63) is 17.8 Å². The van der Waals surface area contributed by atoms with Gasteiger partial charge in [-0.25, -0.2) is 4.98 Å². The van der Waals surface area contributed by atoms with E-state index in [-0.39, 0.29) is 29.3 Å². The van der Waals surface area contributed by atoms with Crippen LogP contribution < -0.4 is 5.32 Å². The van der Waals surface area contributed by atoms with Crippen LogP contribution in [-0.4, -0.2) is 33.8 Å². The van der Waals surface area contributed by atoms with E-state index in [1.54, 1.807) is 0 Å². The highest BCUT2D eigenvalue weighted by atomic mass is 16.3. The van der Waals surface area contributed by atoms with E-state index >= 15 is 0 Å². The predicted octanol–water partition coefficient (Wildman–Crippen LogP) is 5.86. The van der Waals surface area contributed by atoms with Gasteiger partial charge in [-0.2, -0.15) is 0 Å². The van der Waals surface area contributed by atoms with Crippen molar-refractivity contribution in [1.29, 1.82) is 0 Å². The predicted molar refractivity (Wildman–Crippen MR) is 126 cm³/mol. The Morgan fingerprint density at radius 2 is 1.72 bits per heavy atom. The second kappa shape index (κ2) is 11.3. The van der Waals surface area contributed by atoms with Crippen molar-refractivity contribution in [3.8, 4) is 0 Å². The largest absolute Gasteiger partial charge is 0.446 e. The molecule has 0 spiro atoms. The lowest BCUT2D eigenvalue weighted by molar-refractivity contribution is -0.136. The Morgan fingerprint density at radius 3 is 2.34 bits per heavy atom. The molecule has 2 saturated carbocycles. The average molecular weight is 446 g/mol. The minimum absolute atomic E-state index is 0.166. The van der Waals surface area contributed by atoms with E-state index in [9.17, 15) is 9.59 Å².